The van der Waals surface area contributed by atoms with E-state index in [2.05, 4.69) is 10.3 Å². The molecule has 9 nitrogen and oxygen atoms in total. The zero-order valence-corrected chi connectivity index (χ0v) is 22.5. The predicted molar refractivity (Wildman–Crippen MR) is 140 cm³/mol. The van der Waals surface area contributed by atoms with Gasteiger partial charge in [-0.25, -0.2) is 14.2 Å². The van der Waals surface area contributed by atoms with Crippen LogP contribution in [0.25, 0.3) is 0 Å². The lowest BCUT2D eigenvalue weighted by atomic mass is 9.67. The van der Waals surface area contributed by atoms with Crippen LogP contribution < -0.4 is 5.32 Å². The van der Waals surface area contributed by atoms with Crippen LogP contribution in [-0.2, 0) is 19.1 Å². The van der Waals surface area contributed by atoms with E-state index in [-0.39, 0.29) is 44.3 Å². The van der Waals surface area contributed by atoms with Gasteiger partial charge in [0, 0.05) is 45.9 Å². The molecule has 2 aliphatic carbocycles. The Labute approximate surface area is 232 Å². The molecule has 5 aliphatic rings. The van der Waals surface area contributed by atoms with E-state index in [0.29, 0.717) is 27.1 Å². The SMILES string of the molecule is CCOC(=O)C1=C(CN2[C@H]3COC[C@@H]2[C@]24C(C(=O)O)[C@@H]2CC34F)NC(c2nccs2)=N[C@H]1c1ccccc1Cl. The topological polar surface area (TPSA) is 113 Å². The minimum absolute atomic E-state index is 0.162. The fourth-order valence-electron chi connectivity index (χ4n) is 7.68. The monoisotopic (exact) mass is 572 g/mol. The van der Waals surface area contributed by atoms with Crippen LogP contribution in [0.4, 0.5) is 4.39 Å². The van der Waals surface area contributed by atoms with Gasteiger partial charge in [-0.3, -0.25) is 14.7 Å². The van der Waals surface area contributed by atoms with Crippen LogP contribution in [0.2, 0.25) is 5.02 Å². The van der Waals surface area contributed by atoms with Crippen molar-refractivity contribution >= 4 is 40.7 Å². The second-order valence-corrected chi connectivity index (χ2v) is 11.9. The maximum absolute atomic E-state index is 16.6. The number of benzene rings is 1. The normalized spacial score (nSPS) is 36.3. The van der Waals surface area contributed by atoms with Crippen molar-refractivity contribution in [2.24, 2.45) is 22.2 Å². The highest BCUT2D eigenvalue weighted by atomic mass is 35.5. The number of aromatic nitrogens is 1. The van der Waals surface area contributed by atoms with Crippen molar-refractivity contribution in [2.75, 3.05) is 26.4 Å². The van der Waals surface area contributed by atoms with Crippen LogP contribution in [0.3, 0.4) is 0 Å². The summed E-state index contributed by atoms with van der Waals surface area (Å²) in [5.74, 6) is -1.94. The van der Waals surface area contributed by atoms with E-state index < -0.39 is 47.1 Å². The van der Waals surface area contributed by atoms with E-state index in [4.69, 9.17) is 26.1 Å². The third-order valence-corrected chi connectivity index (χ3v) is 10.3. The number of carbonyl (C=O) groups excluding carboxylic acids is 1. The van der Waals surface area contributed by atoms with Gasteiger partial charge < -0.3 is 19.9 Å². The highest BCUT2D eigenvalue weighted by Gasteiger charge is 2.94. The first-order chi connectivity index (χ1) is 18.8. The molecule has 1 aromatic heterocycles. The molecular weight excluding hydrogens is 547 g/mol. The Morgan fingerprint density at radius 1 is 1.33 bits per heavy atom. The quantitative estimate of drug-likeness (QED) is 0.486. The van der Waals surface area contributed by atoms with Crippen LogP contribution >= 0.6 is 22.9 Å². The lowest BCUT2D eigenvalue weighted by Gasteiger charge is -2.40. The maximum Gasteiger partial charge on any atom is 0.338 e. The number of rotatable bonds is 7. The van der Waals surface area contributed by atoms with Gasteiger partial charge in [-0.05, 0) is 25.3 Å². The Bertz CT molecular complexity index is 1430. The summed E-state index contributed by atoms with van der Waals surface area (Å²) in [5, 5.41) is 16.1. The molecule has 1 spiro atoms. The average Bonchev–Trinajstić information content (AvgIpc) is 3.18. The van der Waals surface area contributed by atoms with Crippen molar-refractivity contribution in [2.45, 2.75) is 37.1 Å². The number of carboxylic acids is 1. The average molecular weight is 573 g/mol. The number of hydrogen-bond donors (Lipinski definition) is 2. The van der Waals surface area contributed by atoms with Crippen LogP contribution in [-0.4, -0.2) is 76.9 Å². The van der Waals surface area contributed by atoms with E-state index >= 15 is 4.39 Å². The second kappa shape index (κ2) is 8.82. The number of hydrogen-bond acceptors (Lipinski definition) is 9. The fourth-order valence-corrected chi connectivity index (χ4v) is 8.51. The Morgan fingerprint density at radius 2 is 2.13 bits per heavy atom. The summed E-state index contributed by atoms with van der Waals surface area (Å²) in [6.45, 7) is 2.47. The molecule has 39 heavy (non-hydrogen) atoms. The number of ether oxygens (including phenoxy) is 2. The number of aliphatic imine (C=N–C) groups is 1. The lowest BCUT2D eigenvalue weighted by molar-refractivity contribution is -0.140. The molecule has 2 N–H and O–H groups in total. The summed E-state index contributed by atoms with van der Waals surface area (Å²) in [7, 11) is 0. The van der Waals surface area contributed by atoms with Crippen molar-refractivity contribution in [3.05, 3.63) is 62.7 Å². The molecule has 2 aromatic rings. The summed E-state index contributed by atoms with van der Waals surface area (Å²) >= 11 is 7.99. The number of nitrogens with one attached hydrogen (secondary N) is 1. The van der Waals surface area contributed by atoms with Gasteiger partial charge in [0.2, 0.25) is 0 Å². The van der Waals surface area contributed by atoms with Crippen LogP contribution in [0.1, 0.15) is 30.0 Å². The maximum atomic E-state index is 16.6. The molecule has 2 bridgehead atoms. The number of thiazole rings is 1. The van der Waals surface area contributed by atoms with Gasteiger partial charge in [0.15, 0.2) is 10.8 Å². The van der Waals surface area contributed by atoms with Gasteiger partial charge in [0.1, 0.15) is 11.7 Å². The number of halogens is 2. The molecule has 12 heteroatoms. The Hall–Kier alpha value is -2.86. The van der Waals surface area contributed by atoms with Crippen molar-refractivity contribution < 1.29 is 28.6 Å². The highest BCUT2D eigenvalue weighted by Crippen LogP contribution is 2.85. The Balaban J connectivity index is 1.33. The predicted octanol–water partition coefficient (Wildman–Crippen LogP) is 3.22. The minimum atomic E-state index is -1.64. The number of nitrogens with zero attached hydrogens (tertiary/aromatic N) is 3. The van der Waals surface area contributed by atoms with Gasteiger partial charge in [-0.1, -0.05) is 29.8 Å². The standard InChI is InChI=1S/C27H26ClFN4O5S/c1-2-38-25(36)19-16(31-22(23-30-7-8-39-23)32-21(19)13-5-3-4-6-15(13)28)10-33-17-11-37-12-18(33)27-14(9-26(17,27)29)20(27)24(34)35/h3-8,14,17-18,20-21H,2,9-12H2,1H3,(H,31,32)(H,34,35)/t14-,17-,18+,20?,21-,26?,27-/m0/s1. The van der Waals surface area contributed by atoms with E-state index in [9.17, 15) is 14.7 Å². The number of morpholine rings is 1. The number of alkyl halides is 1. The smallest absolute Gasteiger partial charge is 0.338 e. The largest absolute Gasteiger partial charge is 0.481 e. The third kappa shape index (κ3) is 3.30. The second-order valence-electron chi connectivity index (χ2n) is 10.6. The third-order valence-electron chi connectivity index (χ3n) is 9.15. The molecule has 204 valence electrons. The number of amidine groups is 1. The van der Waals surface area contributed by atoms with E-state index in [1.165, 1.54) is 11.3 Å². The van der Waals surface area contributed by atoms with Gasteiger partial charge >= 0.3 is 11.9 Å². The number of carbonyl (C=O) groups is 2. The van der Waals surface area contributed by atoms with Gasteiger partial charge in [-0.15, -0.1) is 11.3 Å². The van der Waals surface area contributed by atoms with Gasteiger partial charge in [0.25, 0.3) is 0 Å². The zero-order valence-electron chi connectivity index (χ0n) is 21.0. The zero-order chi connectivity index (χ0) is 27.1. The summed E-state index contributed by atoms with van der Waals surface area (Å²) in [6.07, 6.45) is 1.89. The first-order valence-electron chi connectivity index (χ1n) is 13.0. The Kier molecular flexibility index (Phi) is 5.68. The number of carboxylic acid groups (broad SMARTS) is 1. The first kappa shape index (κ1) is 25.1. The summed E-state index contributed by atoms with van der Waals surface area (Å²) < 4.78 is 27.9. The molecule has 7 rings (SSSR count). The summed E-state index contributed by atoms with van der Waals surface area (Å²) in [5.41, 5.74) is -1.16. The number of fused-ring (bicyclic) bond motifs is 3. The van der Waals surface area contributed by atoms with E-state index in [1.54, 1.807) is 25.3 Å². The van der Waals surface area contributed by atoms with Crippen molar-refractivity contribution in [3.8, 4) is 0 Å². The molecular formula is C27H26ClFN4O5S. The Morgan fingerprint density at radius 3 is 2.82 bits per heavy atom. The van der Waals surface area contributed by atoms with E-state index in [1.807, 2.05) is 22.4 Å². The summed E-state index contributed by atoms with van der Waals surface area (Å²) in [6, 6.07) is 5.38. The first-order valence-corrected chi connectivity index (χ1v) is 14.2. The number of esters is 1. The molecule has 7 atom stereocenters. The van der Waals surface area contributed by atoms with Crippen molar-refractivity contribution in [1.82, 2.24) is 15.2 Å². The van der Waals surface area contributed by atoms with E-state index in [0.717, 1.165) is 0 Å². The van der Waals surface area contributed by atoms with Crippen molar-refractivity contribution in [1.29, 1.82) is 0 Å². The number of aliphatic carboxylic acids is 1. The fraction of sp³-hybridized carbons (Fsp3) is 0.481. The molecule has 2 saturated carbocycles. The molecule has 4 fully saturated rings. The molecule has 1 aromatic carbocycles. The van der Waals surface area contributed by atoms with Crippen LogP contribution in [0.15, 0.2) is 52.1 Å². The lowest BCUT2D eigenvalue weighted by Crippen LogP contribution is -2.53. The van der Waals surface area contributed by atoms with Gasteiger partial charge in [0.05, 0.1) is 37.4 Å². The molecule has 0 amide bonds. The van der Waals surface area contributed by atoms with Gasteiger partial charge in [-0.2, -0.15) is 0 Å². The van der Waals surface area contributed by atoms with Crippen molar-refractivity contribution in [3.63, 3.8) is 0 Å². The highest BCUT2D eigenvalue weighted by molar-refractivity contribution is 7.11. The molecule has 4 heterocycles. The minimum Gasteiger partial charge on any atom is -0.481 e. The molecule has 0 radical (unpaired) electrons. The van der Waals surface area contributed by atoms with Crippen LogP contribution in [0.5, 0.6) is 0 Å². The van der Waals surface area contributed by atoms with Crippen LogP contribution in [0, 0.1) is 17.3 Å². The molecule has 2 unspecified atom stereocenters. The molecule has 3 aliphatic heterocycles. The summed E-state index contributed by atoms with van der Waals surface area (Å²) in [4.78, 5) is 36.8. The molecule has 2 saturated heterocycles.